The Morgan fingerprint density at radius 1 is 1.00 bits per heavy atom. The molecule has 16 heavy (non-hydrogen) atoms. The average molecular weight is 226 g/mol. The van der Waals surface area contributed by atoms with E-state index in [0.29, 0.717) is 0 Å². The van der Waals surface area contributed by atoms with Gasteiger partial charge in [0, 0.05) is 5.69 Å². The molecular formula is C13H10N2S. The molecule has 3 heteroatoms. The number of benzene rings is 1. The molecule has 0 N–H and O–H groups in total. The maximum absolute atomic E-state index is 4.22. The third-order valence-corrected chi connectivity index (χ3v) is 3.34. The van der Waals surface area contributed by atoms with Crippen molar-refractivity contribution in [1.29, 1.82) is 0 Å². The van der Waals surface area contributed by atoms with E-state index >= 15 is 0 Å². The fraction of sp³-hybridized carbons (Fsp3) is 0. The second kappa shape index (κ2) is 3.94. The molecule has 0 fully saturated rings. The van der Waals surface area contributed by atoms with Crippen molar-refractivity contribution in [2.24, 2.45) is 0 Å². The summed E-state index contributed by atoms with van der Waals surface area (Å²) in [6.07, 6.45) is 3.75. The number of para-hydroxylation sites is 1. The van der Waals surface area contributed by atoms with Gasteiger partial charge in [0.25, 0.3) is 0 Å². The van der Waals surface area contributed by atoms with Crippen LogP contribution in [0.5, 0.6) is 0 Å². The van der Waals surface area contributed by atoms with Gasteiger partial charge in [0.05, 0.1) is 23.1 Å². The predicted octanol–water partition coefficient (Wildman–Crippen LogP) is 3.60. The number of hydrogen-bond donors (Lipinski definition) is 0. The molecule has 0 amide bonds. The van der Waals surface area contributed by atoms with Crippen LogP contribution in [0.25, 0.3) is 16.3 Å². The molecule has 0 aliphatic carbocycles. The lowest BCUT2D eigenvalue weighted by Gasteiger charge is -2.05. The van der Waals surface area contributed by atoms with Crippen LogP contribution in [-0.2, 0) is 0 Å². The molecule has 0 radical (unpaired) electrons. The lowest BCUT2D eigenvalue weighted by Crippen LogP contribution is -1.92. The molecule has 0 aliphatic rings. The fourth-order valence-corrected chi connectivity index (χ4v) is 2.43. The first kappa shape index (κ1) is 9.36. The molecule has 2 heterocycles. The van der Waals surface area contributed by atoms with E-state index in [1.54, 1.807) is 11.3 Å². The van der Waals surface area contributed by atoms with E-state index in [2.05, 4.69) is 39.2 Å². The highest BCUT2D eigenvalue weighted by Crippen LogP contribution is 2.26. The molecule has 1 aromatic carbocycles. The normalized spacial score (nSPS) is 10.5. The molecule has 2 nitrogen and oxygen atoms in total. The Balaban J connectivity index is 2.14. The van der Waals surface area contributed by atoms with E-state index in [1.807, 2.05) is 30.7 Å². The Morgan fingerprint density at radius 2 is 1.88 bits per heavy atom. The first-order chi connectivity index (χ1) is 7.95. The Kier molecular flexibility index (Phi) is 2.31. The van der Waals surface area contributed by atoms with Crippen LogP contribution < -0.4 is 0 Å². The van der Waals surface area contributed by atoms with Gasteiger partial charge in [-0.1, -0.05) is 24.3 Å². The molecular weight excluding hydrogens is 216 g/mol. The van der Waals surface area contributed by atoms with Crippen LogP contribution in [0.1, 0.15) is 0 Å². The zero-order valence-corrected chi connectivity index (χ0v) is 9.39. The van der Waals surface area contributed by atoms with Crippen molar-refractivity contribution in [2.75, 3.05) is 0 Å². The molecule has 0 bridgehead atoms. The second-order valence-electron chi connectivity index (χ2n) is 3.46. The highest BCUT2D eigenvalue weighted by atomic mass is 32.1. The van der Waals surface area contributed by atoms with Gasteiger partial charge in [-0.25, -0.2) is 4.98 Å². The average Bonchev–Trinajstić information content (AvgIpc) is 3.01. The summed E-state index contributed by atoms with van der Waals surface area (Å²) in [5.74, 6) is 0. The Hall–Kier alpha value is -1.87. The highest BCUT2D eigenvalue weighted by Gasteiger charge is 2.06. The minimum Gasteiger partial charge on any atom is -0.298 e. The molecule has 2 aromatic heterocycles. The van der Waals surface area contributed by atoms with Gasteiger partial charge in [0.2, 0.25) is 0 Å². The van der Waals surface area contributed by atoms with Gasteiger partial charge in [-0.3, -0.25) is 4.57 Å². The first-order valence-corrected chi connectivity index (χ1v) is 5.95. The van der Waals surface area contributed by atoms with Crippen LogP contribution in [0.4, 0.5) is 0 Å². The molecule has 3 rings (SSSR count). The van der Waals surface area contributed by atoms with Crippen molar-refractivity contribution in [3.05, 3.63) is 60.4 Å². The summed E-state index contributed by atoms with van der Waals surface area (Å²) >= 11 is 1.73. The third-order valence-electron chi connectivity index (χ3n) is 2.45. The number of imidazole rings is 1. The van der Waals surface area contributed by atoms with E-state index in [9.17, 15) is 0 Å². The summed E-state index contributed by atoms with van der Waals surface area (Å²) in [6.45, 7) is 0. The highest BCUT2D eigenvalue weighted by molar-refractivity contribution is 7.13. The summed E-state index contributed by atoms with van der Waals surface area (Å²) in [6, 6.07) is 14.4. The van der Waals surface area contributed by atoms with E-state index in [-0.39, 0.29) is 0 Å². The number of nitrogens with zero attached hydrogens (tertiary/aromatic N) is 2. The van der Waals surface area contributed by atoms with Crippen LogP contribution in [0.15, 0.2) is 60.4 Å². The van der Waals surface area contributed by atoms with E-state index < -0.39 is 0 Å². The van der Waals surface area contributed by atoms with Gasteiger partial charge in [-0.15, -0.1) is 11.3 Å². The smallest absolute Gasteiger partial charge is 0.0997 e. The zero-order chi connectivity index (χ0) is 10.8. The van der Waals surface area contributed by atoms with Crippen molar-refractivity contribution in [3.63, 3.8) is 0 Å². The largest absolute Gasteiger partial charge is 0.298 e. The van der Waals surface area contributed by atoms with Crippen molar-refractivity contribution in [3.8, 4) is 16.3 Å². The first-order valence-electron chi connectivity index (χ1n) is 5.07. The van der Waals surface area contributed by atoms with Crippen LogP contribution in [-0.4, -0.2) is 9.55 Å². The molecule has 78 valence electrons. The lowest BCUT2D eigenvalue weighted by molar-refractivity contribution is 1.07. The van der Waals surface area contributed by atoms with Gasteiger partial charge in [-0.2, -0.15) is 0 Å². The van der Waals surface area contributed by atoms with Crippen LogP contribution in [0.3, 0.4) is 0 Å². The van der Waals surface area contributed by atoms with Gasteiger partial charge >= 0.3 is 0 Å². The van der Waals surface area contributed by atoms with Crippen molar-refractivity contribution >= 4 is 11.3 Å². The number of thiophene rings is 1. The van der Waals surface area contributed by atoms with Crippen LogP contribution >= 0.6 is 11.3 Å². The topological polar surface area (TPSA) is 17.8 Å². The van der Waals surface area contributed by atoms with Crippen molar-refractivity contribution in [2.45, 2.75) is 0 Å². The summed E-state index contributed by atoms with van der Waals surface area (Å²) in [5.41, 5.74) is 2.28. The van der Waals surface area contributed by atoms with E-state index in [1.165, 1.54) is 4.88 Å². The monoisotopic (exact) mass is 226 g/mol. The van der Waals surface area contributed by atoms with Gasteiger partial charge in [0.15, 0.2) is 0 Å². The number of rotatable bonds is 2. The third kappa shape index (κ3) is 1.55. The minimum absolute atomic E-state index is 1.14. The number of aromatic nitrogens is 2. The lowest BCUT2D eigenvalue weighted by atomic mass is 10.3. The molecule has 0 saturated carbocycles. The number of hydrogen-bond acceptors (Lipinski definition) is 2. The Labute approximate surface area is 97.8 Å². The molecule has 3 aromatic rings. The Morgan fingerprint density at radius 3 is 2.62 bits per heavy atom. The maximum atomic E-state index is 4.22. The summed E-state index contributed by atoms with van der Waals surface area (Å²) in [5, 5.41) is 2.08. The molecule has 0 aliphatic heterocycles. The maximum Gasteiger partial charge on any atom is 0.0997 e. The predicted molar refractivity (Wildman–Crippen MR) is 66.9 cm³/mol. The molecule has 0 atom stereocenters. The fourth-order valence-electron chi connectivity index (χ4n) is 1.70. The minimum atomic E-state index is 1.14. The summed E-state index contributed by atoms with van der Waals surface area (Å²) in [4.78, 5) is 5.46. The SMILES string of the molecule is c1ccc(-n2cncc2-c2cccs2)cc1. The van der Waals surface area contributed by atoms with Crippen molar-refractivity contribution < 1.29 is 0 Å². The quantitative estimate of drug-likeness (QED) is 0.652. The summed E-state index contributed by atoms with van der Waals surface area (Å²) in [7, 11) is 0. The van der Waals surface area contributed by atoms with Gasteiger partial charge in [0.1, 0.15) is 0 Å². The second-order valence-corrected chi connectivity index (χ2v) is 4.41. The van der Waals surface area contributed by atoms with E-state index in [4.69, 9.17) is 0 Å². The zero-order valence-electron chi connectivity index (χ0n) is 8.58. The molecule has 0 unspecified atom stereocenters. The van der Waals surface area contributed by atoms with Crippen molar-refractivity contribution in [1.82, 2.24) is 9.55 Å². The van der Waals surface area contributed by atoms with Gasteiger partial charge in [-0.05, 0) is 23.6 Å². The van der Waals surface area contributed by atoms with Crippen LogP contribution in [0.2, 0.25) is 0 Å². The molecule has 0 saturated heterocycles. The van der Waals surface area contributed by atoms with Gasteiger partial charge < -0.3 is 0 Å². The Bertz CT molecular complexity index is 567. The molecule has 0 spiro atoms. The van der Waals surface area contributed by atoms with Crippen LogP contribution in [0, 0.1) is 0 Å². The standard InChI is InChI=1S/C13H10N2S/c1-2-5-11(6-3-1)15-10-14-9-12(15)13-7-4-8-16-13/h1-10H. The van der Waals surface area contributed by atoms with E-state index in [0.717, 1.165) is 11.4 Å². The summed E-state index contributed by atoms with van der Waals surface area (Å²) < 4.78 is 2.10.